The van der Waals surface area contributed by atoms with Gasteiger partial charge < -0.3 is 18.9 Å². The average molecular weight is 385 g/mol. The van der Waals surface area contributed by atoms with Gasteiger partial charge in [-0.25, -0.2) is 0 Å². The van der Waals surface area contributed by atoms with Gasteiger partial charge in [-0.3, -0.25) is 0 Å². The first-order valence-corrected chi connectivity index (χ1v) is 10.1. The van der Waals surface area contributed by atoms with Crippen LogP contribution in [0, 0.1) is 0 Å². The summed E-state index contributed by atoms with van der Waals surface area (Å²) in [6.45, 7) is 6.40. The summed E-state index contributed by atoms with van der Waals surface area (Å²) in [5, 5.41) is 0. The minimum absolute atomic E-state index is 0.503. The summed E-state index contributed by atoms with van der Waals surface area (Å²) in [4.78, 5) is 0. The van der Waals surface area contributed by atoms with E-state index in [1.165, 1.54) is 0 Å². The van der Waals surface area contributed by atoms with Crippen molar-refractivity contribution in [1.29, 1.82) is 0 Å². The van der Waals surface area contributed by atoms with E-state index in [1.54, 1.807) is 0 Å². The van der Waals surface area contributed by atoms with Crippen LogP contribution in [0.15, 0.2) is 66.9 Å². The molecule has 0 N–H and O–H groups in total. The molecule has 0 bridgehead atoms. The van der Waals surface area contributed by atoms with Gasteiger partial charge >= 0.3 is 0 Å². The lowest BCUT2D eigenvalue weighted by atomic mass is 9.99. The number of benzene rings is 2. The zero-order valence-corrected chi connectivity index (χ0v) is 16.8. The third-order valence-corrected chi connectivity index (χ3v) is 4.10. The average Bonchev–Trinajstić information content (AvgIpc) is 2.75. The highest BCUT2D eigenvalue weighted by Crippen LogP contribution is 2.22. The first-order chi connectivity index (χ1) is 13.9. The van der Waals surface area contributed by atoms with Gasteiger partial charge in [0.05, 0.1) is 39.3 Å². The van der Waals surface area contributed by atoms with Crippen LogP contribution in [0.4, 0.5) is 0 Å². The summed E-state index contributed by atoms with van der Waals surface area (Å²) in [7, 11) is 0. The van der Waals surface area contributed by atoms with Gasteiger partial charge in [0, 0.05) is 12.2 Å². The summed E-state index contributed by atoms with van der Waals surface area (Å²) in [6.07, 6.45) is 4.08. The second-order valence-electron chi connectivity index (χ2n) is 6.33. The standard InChI is InChI=1S/C24H32O4/c1-2-3-14-25-15-16-26-17-18-27-19-20-28-21-24(22-10-6-4-7-11-22)23-12-8-5-9-13-23/h4-13,21H,2-3,14-20H2,1H3. The van der Waals surface area contributed by atoms with Gasteiger partial charge in [-0.15, -0.1) is 0 Å². The molecule has 0 spiro atoms. The molecule has 0 heterocycles. The molecule has 0 saturated heterocycles. The molecule has 0 aliphatic carbocycles. The molecule has 0 aliphatic heterocycles. The van der Waals surface area contributed by atoms with Crippen molar-refractivity contribution in [3.63, 3.8) is 0 Å². The van der Waals surface area contributed by atoms with Crippen molar-refractivity contribution in [3.05, 3.63) is 78.1 Å². The Bertz CT molecular complexity index is 599. The first kappa shape index (κ1) is 22.2. The molecule has 4 nitrogen and oxygen atoms in total. The van der Waals surface area contributed by atoms with Crippen LogP contribution in [0.25, 0.3) is 5.57 Å². The Labute approximate surface area is 169 Å². The molecule has 2 aromatic carbocycles. The Morgan fingerprint density at radius 3 is 1.61 bits per heavy atom. The maximum absolute atomic E-state index is 5.74. The molecule has 0 amide bonds. The van der Waals surface area contributed by atoms with Crippen LogP contribution >= 0.6 is 0 Å². The van der Waals surface area contributed by atoms with Crippen LogP contribution in [0.1, 0.15) is 30.9 Å². The number of hydrogen-bond acceptors (Lipinski definition) is 4. The van der Waals surface area contributed by atoms with Gasteiger partial charge in [0.1, 0.15) is 6.61 Å². The molecule has 4 heteroatoms. The third kappa shape index (κ3) is 9.18. The molecule has 0 atom stereocenters. The van der Waals surface area contributed by atoms with Crippen LogP contribution in [0.3, 0.4) is 0 Å². The monoisotopic (exact) mass is 384 g/mol. The fourth-order valence-corrected chi connectivity index (χ4v) is 2.58. The van der Waals surface area contributed by atoms with Gasteiger partial charge in [-0.1, -0.05) is 74.0 Å². The van der Waals surface area contributed by atoms with Gasteiger partial charge in [0.25, 0.3) is 0 Å². The molecule has 2 rings (SSSR count). The van der Waals surface area contributed by atoms with E-state index in [2.05, 4.69) is 31.2 Å². The van der Waals surface area contributed by atoms with Crippen molar-refractivity contribution in [2.75, 3.05) is 46.2 Å². The van der Waals surface area contributed by atoms with E-state index in [-0.39, 0.29) is 0 Å². The molecule has 0 fully saturated rings. The maximum atomic E-state index is 5.74. The molecule has 0 aromatic heterocycles. The Balaban J connectivity index is 1.62. The van der Waals surface area contributed by atoms with E-state index in [0.717, 1.165) is 36.1 Å². The number of hydrogen-bond donors (Lipinski definition) is 0. The molecular weight excluding hydrogens is 352 g/mol. The Kier molecular flexibility index (Phi) is 11.8. The lowest BCUT2D eigenvalue weighted by molar-refractivity contribution is 0.00625. The Morgan fingerprint density at radius 2 is 1.11 bits per heavy atom. The summed E-state index contributed by atoms with van der Waals surface area (Å²) in [5.74, 6) is 0. The summed E-state index contributed by atoms with van der Waals surface area (Å²) in [5.41, 5.74) is 3.32. The molecular formula is C24H32O4. The van der Waals surface area contributed by atoms with Crippen molar-refractivity contribution in [2.24, 2.45) is 0 Å². The van der Waals surface area contributed by atoms with Gasteiger partial charge in [0.2, 0.25) is 0 Å². The van der Waals surface area contributed by atoms with E-state index in [1.807, 2.05) is 42.7 Å². The molecule has 2 aromatic rings. The SMILES string of the molecule is CCCCOCCOCCOCCOC=C(c1ccccc1)c1ccccc1. The lowest BCUT2D eigenvalue weighted by Crippen LogP contribution is -2.11. The molecule has 0 radical (unpaired) electrons. The van der Waals surface area contributed by atoms with E-state index < -0.39 is 0 Å². The fraction of sp³-hybridized carbons (Fsp3) is 0.417. The molecule has 0 saturated carbocycles. The molecule has 28 heavy (non-hydrogen) atoms. The van der Waals surface area contributed by atoms with E-state index >= 15 is 0 Å². The van der Waals surface area contributed by atoms with Crippen LogP contribution in [0.2, 0.25) is 0 Å². The summed E-state index contributed by atoms with van der Waals surface area (Å²) >= 11 is 0. The number of unbranched alkanes of at least 4 members (excludes halogenated alkanes) is 1. The predicted molar refractivity (Wildman–Crippen MR) is 113 cm³/mol. The fourth-order valence-electron chi connectivity index (χ4n) is 2.58. The van der Waals surface area contributed by atoms with Crippen LogP contribution in [-0.2, 0) is 18.9 Å². The Hall–Kier alpha value is -2.14. The zero-order chi connectivity index (χ0) is 19.7. The van der Waals surface area contributed by atoms with Crippen molar-refractivity contribution in [1.82, 2.24) is 0 Å². The van der Waals surface area contributed by atoms with E-state index in [9.17, 15) is 0 Å². The summed E-state index contributed by atoms with van der Waals surface area (Å²) in [6, 6.07) is 20.5. The minimum atomic E-state index is 0.503. The van der Waals surface area contributed by atoms with Gasteiger partial charge in [-0.2, -0.15) is 0 Å². The normalized spacial score (nSPS) is 10.6. The zero-order valence-electron chi connectivity index (χ0n) is 16.8. The molecule has 0 aliphatic rings. The molecule has 152 valence electrons. The van der Waals surface area contributed by atoms with Crippen molar-refractivity contribution in [2.45, 2.75) is 19.8 Å². The predicted octanol–water partition coefficient (Wildman–Crippen LogP) is 4.94. The second-order valence-corrected chi connectivity index (χ2v) is 6.33. The number of ether oxygens (including phenoxy) is 4. The Morgan fingerprint density at radius 1 is 0.643 bits per heavy atom. The van der Waals surface area contributed by atoms with Crippen molar-refractivity contribution in [3.8, 4) is 0 Å². The van der Waals surface area contributed by atoms with Crippen LogP contribution in [0.5, 0.6) is 0 Å². The topological polar surface area (TPSA) is 36.9 Å². The lowest BCUT2D eigenvalue weighted by Gasteiger charge is -2.10. The smallest absolute Gasteiger partial charge is 0.111 e. The minimum Gasteiger partial charge on any atom is -0.498 e. The largest absolute Gasteiger partial charge is 0.498 e. The highest BCUT2D eigenvalue weighted by molar-refractivity contribution is 5.78. The highest BCUT2D eigenvalue weighted by atomic mass is 16.6. The molecule has 0 unspecified atom stereocenters. The van der Waals surface area contributed by atoms with Crippen LogP contribution < -0.4 is 0 Å². The van der Waals surface area contributed by atoms with Gasteiger partial charge in [0.15, 0.2) is 0 Å². The number of rotatable bonds is 15. The van der Waals surface area contributed by atoms with Crippen LogP contribution in [-0.4, -0.2) is 46.2 Å². The van der Waals surface area contributed by atoms with E-state index in [4.69, 9.17) is 18.9 Å². The first-order valence-electron chi connectivity index (χ1n) is 10.1. The highest BCUT2D eigenvalue weighted by Gasteiger charge is 2.04. The second kappa shape index (κ2) is 14.9. The van der Waals surface area contributed by atoms with E-state index in [0.29, 0.717) is 39.6 Å². The van der Waals surface area contributed by atoms with Crippen molar-refractivity contribution >= 4 is 5.57 Å². The maximum Gasteiger partial charge on any atom is 0.111 e. The third-order valence-electron chi connectivity index (χ3n) is 4.10. The van der Waals surface area contributed by atoms with Gasteiger partial charge in [-0.05, 0) is 17.5 Å². The quantitative estimate of drug-likeness (QED) is 0.322. The summed E-state index contributed by atoms with van der Waals surface area (Å²) < 4.78 is 22.2. The van der Waals surface area contributed by atoms with Crippen molar-refractivity contribution < 1.29 is 18.9 Å².